The van der Waals surface area contributed by atoms with Gasteiger partial charge in [-0.2, -0.15) is 0 Å². The molecule has 4 heteroatoms. The van der Waals surface area contributed by atoms with Crippen LogP contribution >= 0.6 is 0 Å². The number of rotatable bonds is 4. The van der Waals surface area contributed by atoms with Crippen LogP contribution in [0, 0.1) is 0 Å². The lowest BCUT2D eigenvalue weighted by atomic mass is 9.84. The third-order valence-corrected chi connectivity index (χ3v) is 6.52. The number of nitrogens with one attached hydrogen (secondary N) is 2. The van der Waals surface area contributed by atoms with Crippen LogP contribution in [0.25, 0.3) is 32.9 Å². The Kier molecular flexibility index (Phi) is 4.51. The average molecular weight is 431 g/mol. The summed E-state index contributed by atoms with van der Waals surface area (Å²) in [5.74, 6) is -0.408. The molecule has 0 fully saturated rings. The van der Waals surface area contributed by atoms with Crippen molar-refractivity contribution < 1.29 is 9.53 Å². The van der Waals surface area contributed by atoms with E-state index < -0.39 is 0 Å². The maximum atomic E-state index is 12.7. The van der Waals surface area contributed by atoms with Crippen LogP contribution < -0.4 is 0 Å². The van der Waals surface area contributed by atoms with E-state index in [0.29, 0.717) is 5.56 Å². The van der Waals surface area contributed by atoms with Crippen molar-refractivity contribution in [1.29, 1.82) is 0 Å². The number of para-hydroxylation sites is 2. The molecule has 2 aromatic carbocycles. The highest BCUT2D eigenvalue weighted by molar-refractivity contribution is 6.01. The van der Waals surface area contributed by atoms with Gasteiger partial charge in [0.25, 0.3) is 0 Å². The molecule has 0 unspecified atom stereocenters. The molecule has 0 saturated heterocycles. The number of H-pyrrole nitrogens is 2. The fraction of sp³-hybridized carbons (Fsp3) is 0.0690. The van der Waals surface area contributed by atoms with Gasteiger partial charge >= 0.3 is 5.97 Å². The summed E-state index contributed by atoms with van der Waals surface area (Å²) in [5.41, 5.74) is 8.13. The molecule has 2 heterocycles. The van der Waals surface area contributed by atoms with Crippen molar-refractivity contribution in [1.82, 2.24) is 9.97 Å². The normalized spacial score (nSPS) is 11.6. The van der Waals surface area contributed by atoms with Crippen LogP contribution in [0.2, 0.25) is 0 Å². The average Bonchev–Trinajstić information content (AvgIpc) is 3.51. The van der Waals surface area contributed by atoms with Crippen molar-refractivity contribution in [2.75, 3.05) is 7.11 Å². The van der Waals surface area contributed by atoms with Gasteiger partial charge < -0.3 is 14.7 Å². The van der Waals surface area contributed by atoms with Crippen molar-refractivity contribution >= 4 is 27.8 Å². The number of aromatic amines is 2. The molecule has 6 rings (SSSR count). The molecular formula is C29H22N2O2. The van der Waals surface area contributed by atoms with E-state index in [-0.39, 0.29) is 11.9 Å². The SMILES string of the molecule is COC(=O)c1cc(C(c2c[nH]c3ccccc23)c2c[nH]c3ccccc23)c2cccccc1-2. The molecule has 0 bridgehead atoms. The Hall–Kier alpha value is -4.31. The van der Waals surface area contributed by atoms with Crippen LogP contribution in [-0.2, 0) is 4.74 Å². The molecule has 0 radical (unpaired) electrons. The Morgan fingerprint density at radius 3 is 1.85 bits per heavy atom. The third-order valence-electron chi connectivity index (χ3n) is 6.52. The number of aromatic nitrogens is 2. The Morgan fingerprint density at radius 2 is 1.24 bits per heavy atom. The van der Waals surface area contributed by atoms with E-state index in [0.717, 1.165) is 27.7 Å². The van der Waals surface area contributed by atoms with Gasteiger partial charge in [-0.3, -0.25) is 0 Å². The van der Waals surface area contributed by atoms with E-state index in [1.165, 1.54) is 29.0 Å². The van der Waals surface area contributed by atoms with Gasteiger partial charge in [0.15, 0.2) is 0 Å². The number of fused-ring (bicyclic) bond motifs is 3. The van der Waals surface area contributed by atoms with Gasteiger partial charge in [-0.25, -0.2) is 4.79 Å². The number of carbonyl (C=O) groups excluding carboxylic acids is 1. The van der Waals surface area contributed by atoms with E-state index in [9.17, 15) is 4.79 Å². The summed E-state index contributed by atoms with van der Waals surface area (Å²) < 4.78 is 5.14. The molecule has 4 aromatic rings. The number of benzene rings is 2. The zero-order valence-corrected chi connectivity index (χ0v) is 18.1. The smallest absolute Gasteiger partial charge is 0.338 e. The first-order chi connectivity index (χ1) is 16.3. The lowest BCUT2D eigenvalue weighted by Gasteiger charge is -2.18. The number of esters is 1. The molecule has 0 atom stereocenters. The van der Waals surface area contributed by atoms with E-state index in [1.807, 2.05) is 42.5 Å². The molecule has 2 aliphatic rings. The summed E-state index contributed by atoms with van der Waals surface area (Å²) in [4.78, 5) is 19.6. The minimum Gasteiger partial charge on any atom is -0.465 e. The predicted molar refractivity (Wildman–Crippen MR) is 132 cm³/mol. The van der Waals surface area contributed by atoms with Gasteiger partial charge in [0.1, 0.15) is 0 Å². The zero-order valence-electron chi connectivity index (χ0n) is 18.1. The molecule has 0 aliphatic heterocycles. The second kappa shape index (κ2) is 7.68. The predicted octanol–water partition coefficient (Wildman–Crippen LogP) is 6.72. The summed E-state index contributed by atoms with van der Waals surface area (Å²) in [7, 11) is 1.43. The lowest BCUT2D eigenvalue weighted by molar-refractivity contribution is 0.0602. The van der Waals surface area contributed by atoms with Crippen LogP contribution in [0.15, 0.2) is 97.3 Å². The van der Waals surface area contributed by atoms with Crippen molar-refractivity contribution in [3.8, 4) is 11.1 Å². The molecule has 2 aromatic heterocycles. The molecule has 2 aliphatic carbocycles. The highest BCUT2D eigenvalue weighted by atomic mass is 16.5. The monoisotopic (exact) mass is 430 g/mol. The molecule has 0 saturated carbocycles. The van der Waals surface area contributed by atoms with Crippen LogP contribution in [0.5, 0.6) is 0 Å². The number of methoxy groups -OCH3 is 1. The number of hydrogen-bond acceptors (Lipinski definition) is 2. The van der Waals surface area contributed by atoms with Gasteiger partial charge in [0, 0.05) is 40.1 Å². The Bertz CT molecular complexity index is 1520. The molecule has 0 amide bonds. The van der Waals surface area contributed by atoms with Crippen LogP contribution in [0.3, 0.4) is 0 Å². The maximum Gasteiger partial charge on any atom is 0.338 e. The first-order valence-electron chi connectivity index (χ1n) is 11.0. The van der Waals surface area contributed by atoms with E-state index in [1.54, 1.807) is 0 Å². The third kappa shape index (κ3) is 3.03. The van der Waals surface area contributed by atoms with Crippen molar-refractivity contribution in [3.05, 3.63) is 120 Å². The van der Waals surface area contributed by atoms with Crippen LogP contribution in [0.1, 0.15) is 33.0 Å². The Balaban J connectivity index is 1.70. The standard InChI is InChI=1S/C29H22N2O2/c1-33-29(32)23-15-22(18-9-3-2-4-10-19(18)23)28(24-16-30-26-13-7-5-11-20(24)26)25-17-31-27-14-8-6-12-21(25)27/h2-17,28,30-31H,1H3. The molecule has 0 spiro atoms. The van der Waals surface area contributed by atoms with Crippen molar-refractivity contribution in [2.24, 2.45) is 0 Å². The number of hydrogen-bond donors (Lipinski definition) is 2. The first-order valence-corrected chi connectivity index (χ1v) is 11.0. The second-order valence-corrected chi connectivity index (χ2v) is 8.26. The summed E-state index contributed by atoms with van der Waals surface area (Å²) in [6, 6.07) is 28.7. The Morgan fingerprint density at radius 1 is 0.697 bits per heavy atom. The summed E-state index contributed by atoms with van der Waals surface area (Å²) in [5, 5.41) is 2.34. The maximum absolute atomic E-state index is 12.7. The highest BCUT2D eigenvalue weighted by Crippen LogP contribution is 2.45. The summed E-state index contributed by atoms with van der Waals surface area (Å²) in [6.45, 7) is 0. The molecular weight excluding hydrogens is 408 g/mol. The van der Waals surface area contributed by atoms with Crippen molar-refractivity contribution in [2.45, 2.75) is 5.92 Å². The topological polar surface area (TPSA) is 57.9 Å². The first kappa shape index (κ1) is 19.4. The molecule has 4 nitrogen and oxygen atoms in total. The van der Waals surface area contributed by atoms with Gasteiger partial charge in [0.05, 0.1) is 12.7 Å². The lowest BCUT2D eigenvalue weighted by Crippen LogP contribution is -2.02. The zero-order chi connectivity index (χ0) is 22.4. The van der Waals surface area contributed by atoms with Crippen molar-refractivity contribution in [3.63, 3.8) is 0 Å². The quantitative estimate of drug-likeness (QED) is 0.305. The van der Waals surface area contributed by atoms with Gasteiger partial charge in [0.2, 0.25) is 0 Å². The molecule has 33 heavy (non-hydrogen) atoms. The van der Waals surface area contributed by atoms with Gasteiger partial charge in [-0.1, -0.05) is 66.7 Å². The fourth-order valence-corrected chi connectivity index (χ4v) is 5.03. The summed E-state index contributed by atoms with van der Waals surface area (Å²) in [6.07, 6.45) is 4.19. The van der Waals surface area contributed by atoms with E-state index in [4.69, 9.17) is 4.74 Å². The minimum atomic E-state index is -0.325. The van der Waals surface area contributed by atoms with E-state index >= 15 is 0 Å². The van der Waals surface area contributed by atoms with Gasteiger partial charge in [-0.15, -0.1) is 0 Å². The number of carbonyl (C=O) groups is 1. The second-order valence-electron chi connectivity index (χ2n) is 8.26. The van der Waals surface area contributed by atoms with Gasteiger partial charge in [-0.05, 0) is 46.0 Å². The van der Waals surface area contributed by atoms with Crippen LogP contribution in [0.4, 0.5) is 0 Å². The van der Waals surface area contributed by atoms with E-state index in [2.05, 4.69) is 64.8 Å². The highest BCUT2D eigenvalue weighted by Gasteiger charge is 2.30. The molecule has 2 N–H and O–H groups in total. The fourth-order valence-electron chi connectivity index (χ4n) is 5.03. The summed E-state index contributed by atoms with van der Waals surface area (Å²) >= 11 is 0. The minimum absolute atomic E-state index is 0.0828. The Labute approximate surface area is 191 Å². The number of ether oxygens (including phenoxy) is 1. The van der Waals surface area contributed by atoms with Crippen LogP contribution in [-0.4, -0.2) is 23.0 Å². The largest absolute Gasteiger partial charge is 0.465 e. The molecule has 160 valence electrons.